The molecule has 0 atom stereocenters. The first-order valence-electron chi connectivity index (χ1n) is 4.52. The molecule has 0 aliphatic carbocycles. The maximum atomic E-state index is 11.3. The van der Waals surface area contributed by atoms with Crippen LogP contribution in [-0.4, -0.2) is 22.0 Å². The summed E-state index contributed by atoms with van der Waals surface area (Å²) in [6, 6.07) is 4.26. The first-order chi connectivity index (χ1) is 7.15. The minimum Gasteiger partial charge on any atom is -0.506 e. The second-order valence-corrected chi connectivity index (χ2v) is 3.39. The Morgan fingerprint density at radius 2 is 1.93 bits per heavy atom. The van der Waals surface area contributed by atoms with E-state index < -0.39 is 0 Å². The second kappa shape index (κ2) is 5.46. The highest BCUT2D eigenvalue weighted by Crippen LogP contribution is 2.32. The van der Waals surface area contributed by atoms with Crippen LogP contribution in [-0.2, 0) is 4.79 Å². The number of hydrogen-bond donors (Lipinski definition) is 3. The molecule has 0 radical (unpaired) electrons. The van der Waals surface area contributed by atoms with Crippen LogP contribution in [0.25, 0.3) is 0 Å². The van der Waals surface area contributed by atoms with Crippen molar-refractivity contribution in [3.8, 4) is 11.5 Å². The summed E-state index contributed by atoms with van der Waals surface area (Å²) in [4.78, 5) is 11.3. The Morgan fingerprint density at radius 1 is 1.33 bits per heavy atom. The fraction of sp³-hybridized carbons (Fsp3) is 0.300. The van der Waals surface area contributed by atoms with Gasteiger partial charge in [-0.15, -0.1) is 11.6 Å². The lowest BCUT2D eigenvalue weighted by molar-refractivity contribution is -0.116. The quantitative estimate of drug-likeness (QED) is 0.547. The summed E-state index contributed by atoms with van der Waals surface area (Å²) in [5.74, 6) is -0.198. The number of aromatic hydroxyl groups is 2. The monoisotopic (exact) mass is 229 g/mol. The molecule has 0 unspecified atom stereocenters. The highest BCUT2D eigenvalue weighted by molar-refractivity contribution is 6.18. The number of rotatable bonds is 4. The van der Waals surface area contributed by atoms with E-state index in [1.807, 2.05) is 0 Å². The number of carbonyl (C=O) groups is 1. The third-order valence-corrected chi connectivity index (χ3v) is 2.09. The number of carbonyl (C=O) groups excluding carboxylic acids is 1. The zero-order valence-electron chi connectivity index (χ0n) is 8.03. The topological polar surface area (TPSA) is 69.6 Å². The summed E-state index contributed by atoms with van der Waals surface area (Å²) < 4.78 is 0. The molecule has 0 aliphatic rings. The van der Waals surface area contributed by atoms with E-state index in [2.05, 4.69) is 5.32 Å². The Morgan fingerprint density at radius 3 is 2.47 bits per heavy atom. The number of hydrogen-bond acceptors (Lipinski definition) is 3. The van der Waals surface area contributed by atoms with Crippen LogP contribution < -0.4 is 5.32 Å². The third kappa shape index (κ3) is 3.32. The van der Waals surface area contributed by atoms with Crippen molar-refractivity contribution < 1.29 is 15.0 Å². The van der Waals surface area contributed by atoms with Gasteiger partial charge in [-0.25, -0.2) is 0 Å². The first kappa shape index (κ1) is 11.7. The molecule has 15 heavy (non-hydrogen) atoms. The maximum Gasteiger partial charge on any atom is 0.224 e. The number of anilines is 1. The minimum absolute atomic E-state index is 0.0390. The van der Waals surface area contributed by atoms with Gasteiger partial charge in [-0.2, -0.15) is 0 Å². The van der Waals surface area contributed by atoms with Crippen LogP contribution in [0.2, 0.25) is 0 Å². The number of phenolic OH excluding ortho intramolecular Hbond substituents is 2. The van der Waals surface area contributed by atoms with Crippen LogP contribution in [0.1, 0.15) is 12.8 Å². The van der Waals surface area contributed by atoms with Crippen molar-refractivity contribution in [3.63, 3.8) is 0 Å². The predicted molar refractivity (Wildman–Crippen MR) is 58.4 cm³/mol. The molecule has 0 spiro atoms. The SMILES string of the molecule is O=C(CCCCl)Nc1c(O)cccc1O. The van der Waals surface area contributed by atoms with Gasteiger partial charge in [-0.05, 0) is 18.6 Å². The van der Waals surface area contributed by atoms with E-state index in [1.54, 1.807) is 0 Å². The Bertz CT molecular complexity index is 334. The summed E-state index contributed by atoms with van der Waals surface area (Å²) >= 11 is 5.43. The standard InChI is InChI=1S/C10H12ClNO3/c11-6-2-5-9(15)12-10-7(13)3-1-4-8(10)14/h1,3-4,13-14H,2,5-6H2,(H,12,15). The number of alkyl halides is 1. The van der Waals surface area contributed by atoms with E-state index in [-0.39, 0.29) is 29.5 Å². The molecule has 0 aliphatic heterocycles. The molecule has 0 saturated carbocycles. The first-order valence-corrected chi connectivity index (χ1v) is 5.05. The van der Waals surface area contributed by atoms with Gasteiger partial charge in [0, 0.05) is 12.3 Å². The number of phenols is 2. The van der Waals surface area contributed by atoms with Crippen LogP contribution in [0, 0.1) is 0 Å². The summed E-state index contributed by atoms with van der Waals surface area (Å²) in [5, 5.41) is 21.1. The van der Waals surface area contributed by atoms with E-state index in [1.165, 1.54) is 18.2 Å². The molecule has 3 N–H and O–H groups in total. The Hall–Kier alpha value is -1.42. The van der Waals surface area contributed by atoms with Gasteiger partial charge >= 0.3 is 0 Å². The van der Waals surface area contributed by atoms with Gasteiger partial charge in [-0.3, -0.25) is 4.79 Å². The summed E-state index contributed by atoms with van der Waals surface area (Å²) in [7, 11) is 0. The van der Waals surface area contributed by atoms with E-state index in [0.717, 1.165) is 0 Å². The van der Waals surface area contributed by atoms with Crippen LogP contribution in [0.4, 0.5) is 5.69 Å². The van der Waals surface area contributed by atoms with Crippen LogP contribution in [0.3, 0.4) is 0 Å². The van der Waals surface area contributed by atoms with Crippen molar-refractivity contribution in [2.75, 3.05) is 11.2 Å². The van der Waals surface area contributed by atoms with Crippen molar-refractivity contribution in [3.05, 3.63) is 18.2 Å². The highest BCUT2D eigenvalue weighted by Gasteiger charge is 2.09. The molecule has 5 heteroatoms. The van der Waals surface area contributed by atoms with Crippen molar-refractivity contribution >= 4 is 23.2 Å². The zero-order valence-corrected chi connectivity index (χ0v) is 8.79. The minimum atomic E-state index is -0.285. The Balaban J connectivity index is 2.68. The van der Waals surface area contributed by atoms with Gasteiger partial charge in [0.2, 0.25) is 5.91 Å². The molecule has 0 fully saturated rings. The van der Waals surface area contributed by atoms with Gasteiger partial charge in [0.05, 0.1) is 0 Å². The van der Waals surface area contributed by atoms with Gasteiger partial charge in [0.25, 0.3) is 0 Å². The summed E-state index contributed by atoms with van der Waals surface area (Å²) in [6.45, 7) is 0. The number of benzene rings is 1. The van der Waals surface area contributed by atoms with E-state index in [9.17, 15) is 15.0 Å². The molecule has 0 aromatic heterocycles. The molecular formula is C10H12ClNO3. The molecule has 1 aromatic carbocycles. The molecule has 0 heterocycles. The molecule has 1 aromatic rings. The smallest absolute Gasteiger partial charge is 0.224 e. The van der Waals surface area contributed by atoms with Crippen LogP contribution in [0.5, 0.6) is 11.5 Å². The third-order valence-electron chi connectivity index (χ3n) is 1.82. The number of para-hydroxylation sites is 1. The summed E-state index contributed by atoms with van der Waals surface area (Å²) in [6.07, 6.45) is 0.818. The van der Waals surface area contributed by atoms with Gasteiger partial charge in [0.1, 0.15) is 17.2 Å². The lowest BCUT2D eigenvalue weighted by atomic mass is 10.2. The largest absolute Gasteiger partial charge is 0.506 e. The normalized spacial score (nSPS) is 9.93. The molecule has 1 amide bonds. The maximum absolute atomic E-state index is 11.3. The molecule has 1 rings (SSSR count). The Labute approximate surface area is 92.5 Å². The average Bonchev–Trinajstić information content (AvgIpc) is 2.21. The average molecular weight is 230 g/mol. The highest BCUT2D eigenvalue weighted by atomic mass is 35.5. The number of amides is 1. The fourth-order valence-electron chi connectivity index (χ4n) is 1.09. The van der Waals surface area contributed by atoms with E-state index in [0.29, 0.717) is 12.3 Å². The van der Waals surface area contributed by atoms with Crippen LogP contribution >= 0.6 is 11.6 Å². The predicted octanol–water partition coefficient (Wildman–Crippen LogP) is 2.06. The van der Waals surface area contributed by atoms with Crippen LogP contribution in [0.15, 0.2) is 18.2 Å². The van der Waals surface area contributed by atoms with Gasteiger partial charge in [-0.1, -0.05) is 6.07 Å². The summed E-state index contributed by atoms with van der Waals surface area (Å²) in [5.41, 5.74) is 0.0390. The Kier molecular flexibility index (Phi) is 4.24. The number of nitrogens with one attached hydrogen (secondary N) is 1. The number of halogens is 1. The van der Waals surface area contributed by atoms with Crippen molar-refractivity contribution in [1.29, 1.82) is 0 Å². The second-order valence-electron chi connectivity index (χ2n) is 3.01. The lowest BCUT2D eigenvalue weighted by Gasteiger charge is -2.08. The molecular weight excluding hydrogens is 218 g/mol. The molecule has 4 nitrogen and oxygen atoms in total. The van der Waals surface area contributed by atoms with Crippen molar-refractivity contribution in [1.82, 2.24) is 0 Å². The van der Waals surface area contributed by atoms with Gasteiger partial charge in [0.15, 0.2) is 0 Å². The molecule has 82 valence electrons. The lowest BCUT2D eigenvalue weighted by Crippen LogP contribution is -2.11. The van der Waals surface area contributed by atoms with E-state index >= 15 is 0 Å². The zero-order chi connectivity index (χ0) is 11.3. The molecule has 0 saturated heterocycles. The fourth-order valence-corrected chi connectivity index (χ4v) is 1.22. The van der Waals surface area contributed by atoms with Gasteiger partial charge < -0.3 is 15.5 Å². The van der Waals surface area contributed by atoms with Crippen molar-refractivity contribution in [2.45, 2.75) is 12.8 Å². The molecule has 0 bridgehead atoms. The van der Waals surface area contributed by atoms with Crippen molar-refractivity contribution in [2.24, 2.45) is 0 Å². The van der Waals surface area contributed by atoms with E-state index in [4.69, 9.17) is 11.6 Å².